The maximum Gasteiger partial charge on any atom is 1.00 e. The molecule has 1 aromatic carbocycles. The van der Waals surface area contributed by atoms with Crippen LogP contribution in [0.3, 0.4) is 0 Å². The van der Waals surface area contributed by atoms with Crippen LogP contribution in [0.1, 0.15) is 10.4 Å². The first-order chi connectivity index (χ1) is 7.23. The molecule has 0 aliphatic heterocycles. The Morgan fingerprint density at radius 3 is 2.29 bits per heavy atom. The van der Waals surface area contributed by atoms with Crippen molar-refractivity contribution in [2.75, 3.05) is 0 Å². The second-order valence-corrected chi connectivity index (χ2v) is 4.17. The minimum Gasteiger partial charge on any atom is -0.366 e. The van der Waals surface area contributed by atoms with Gasteiger partial charge in [0.05, 0.1) is 10.5 Å². The van der Waals surface area contributed by atoms with Gasteiger partial charge in [0, 0.05) is 12.1 Å². The average Bonchev–Trinajstić information content (AvgIpc) is 2.15. The fraction of sp³-hybridized carbons (Fsp3) is 0. The van der Waals surface area contributed by atoms with E-state index in [0.29, 0.717) is 6.07 Å². The fourth-order valence-corrected chi connectivity index (χ4v) is 1.76. The molecule has 0 heterocycles. The van der Waals surface area contributed by atoms with Gasteiger partial charge in [-0.25, -0.2) is 0 Å². The van der Waals surface area contributed by atoms with Gasteiger partial charge in [-0.2, -0.15) is 8.42 Å². The topological polar surface area (TPSA) is 141 Å². The molecule has 86 valence electrons. The van der Waals surface area contributed by atoms with Crippen molar-refractivity contribution in [2.45, 2.75) is 4.90 Å². The Hall–Kier alpha value is -0.364. The normalized spacial score (nSPS) is 10.4. The number of non-ortho nitro benzene ring substituents is 1. The Kier molecular flexibility index (Phi) is 5.87. The zero-order valence-electron chi connectivity index (χ0n) is 8.65. The molecule has 0 fully saturated rings. The van der Waals surface area contributed by atoms with Gasteiger partial charge in [0.25, 0.3) is 15.8 Å². The van der Waals surface area contributed by atoms with E-state index in [9.17, 15) is 23.3 Å². The number of carbonyl (C=O) groups is 1. The van der Waals surface area contributed by atoms with Crippen molar-refractivity contribution >= 4 is 21.7 Å². The molecule has 0 bridgehead atoms. The van der Waals surface area contributed by atoms with Crippen LogP contribution in [-0.4, -0.2) is 23.8 Å². The van der Waals surface area contributed by atoms with E-state index in [1.54, 1.807) is 0 Å². The van der Waals surface area contributed by atoms with E-state index in [1.165, 1.54) is 0 Å². The van der Waals surface area contributed by atoms with Gasteiger partial charge >= 0.3 is 51.4 Å². The summed E-state index contributed by atoms with van der Waals surface area (Å²) in [7, 11) is -4.74. The van der Waals surface area contributed by atoms with Crippen molar-refractivity contribution in [3.05, 3.63) is 33.9 Å². The number of primary amides is 1. The summed E-state index contributed by atoms with van der Waals surface area (Å²) in [6.07, 6.45) is 0. The number of benzene rings is 1. The Bertz CT molecular complexity index is 570. The standard InChI is InChI=1S/C7H6N2O6S.K/c8-7(10)5-2-1-4(9(11)12)3-6(5)16(13,14)15;/h1-3H,(H2,8,10)(H,13,14,15);/q;+1. The van der Waals surface area contributed by atoms with Crippen LogP contribution >= 0.6 is 0 Å². The van der Waals surface area contributed by atoms with Gasteiger partial charge in [-0.1, -0.05) is 0 Å². The molecule has 1 amide bonds. The van der Waals surface area contributed by atoms with E-state index in [2.05, 4.69) is 0 Å². The second kappa shape index (κ2) is 6.00. The van der Waals surface area contributed by atoms with E-state index in [1.807, 2.05) is 0 Å². The molecule has 10 heteroatoms. The van der Waals surface area contributed by atoms with Gasteiger partial charge in [0.15, 0.2) is 0 Å². The summed E-state index contributed by atoms with van der Waals surface area (Å²) in [4.78, 5) is 19.5. The predicted octanol–water partition coefficient (Wildman–Crippen LogP) is -3.06. The van der Waals surface area contributed by atoms with E-state index >= 15 is 0 Å². The summed E-state index contributed by atoms with van der Waals surface area (Å²) in [6, 6.07) is 2.34. The quantitative estimate of drug-likeness (QED) is 0.261. The molecule has 0 spiro atoms. The van der Waals surface area contributed by atoms with Gasteiger partial charge in [0.1, 0.15) is 4.90 Å². The zero-order valence-corrected chi connectivity index (χ0v) is 12.6. The van der Waals surface area contributed by atoms with Crippen LogP contribution in [-0.2, 0) is 10.1 Å². The fourth-order valence-electron chi connectivity index (χ4n) is 1.04. The van der Waals surface area contributed by atoms with E-state index in [-0.39, 0.29) is 51.4 Å². The first-order valence-electron chi connectivity index (χ1n) is 3.79. The predicted molar refractivity (Wildman–Crippen MR) is 51.4 cm³/mol. The van der Waals surface area contributed by atoms with Crippen molar-refractivity contribution < 1.29 is 74.1 Å². The molecule has 3 N–H and O–H groups in total. The minimum absolute atomic E-state index is 0. The number of nitrogens with two attached hydrogens (primary N) is 1. The van der Waals surface area contributed by atoms with Gasteiger partial charge in [-0.3, -0.25) is 19.5 Å². The maximum atomic E-state index is 10.9. The summed E-state index contributed by atoms with van der Waals surface area (Å²) in [5.41, 5.74) is 3.78. The van der Waals surface area contributed by atoms with Crippen molar-refractivity contribution in [3.8, 4) is 0 Å². The van der Waals surface area contributed by atoms with E-state index in [4.69, 9.17) is 10.3 Å². The Balaban J connectivity index is 0.00000256. The SMILES string of the molecule is NC(=O)c1ccc([N+](=O)[O-])cc1S(=O)(=O)O.[K+]. The number of carbonyl (C=O) groups excluding carboxylic acids is 1. The Morgan fingerprint density at radius 1 is 1.41 bits per heavy atom. The first-order valence-corrected chi connectivity index (χ1v) is 5.23. The smallest absolute Gasteiger partial charge is 0.366 e. The molecular weight excluding hydrogens is 279 g/mol. The number of nitro groups is 1. The number of nitrogens with zero attached hydrogens (tertiary/aromatic N) is 1. The molecule has 1 aromatic rings. The molecule has 8 nitrogen and oxygen atoms in total. The van der Waals surface area contributed by atoms with E-state index in [0.717, 1.165) is 12.1 Å². The number of hydrogen-bond acceptors (Lipinski definition) is 5. The number of hydrogen-bond donors (Lipinski definition) is 2. The third-order valence-corrected chi connectivity index (χ3v) is 2.61. The molecule has 0 radical (unpaired) electrons. The Morgan fingerprint density at radius 2 is 1.94 bits per heavy atom. The van der Waals surface area contributed by atoms with Gasteiger partial charge < -0.3 is 5.73 Å². The average molecular weight is 285 g/mol. The van der Waals surface area contributed by atoms with Gasteiger partial charge in [-0.05, 0) is 6.07 Å². The Labute approximate surface area is 139 Å². The maximum absolute atomic E-state index is 10.9. The molecule has 0 saturated heterocycles. The minimum atomic E-state index is -4.74. The van der Waals surface area contributed by atoms with Crippen LogP contribution in [0.5, 0.6) is 0 Å². The largest absolute Gasteiger partial charge is 1.00 e. The molecule has 0 aliphatic rings. The number of rotatable bonds is 3. The molecule has 0 aliphatic carbocycles. The molecule has 17 heavy (non-hydrogen) atoms. The second-order valence-electron chi connectivity index (χ2n) is 2.78. The summed E-state index contributed by atoms with van der Waals surface area (Å²) < 4.78 is 30.5. The third-order valence-electron chi connectivity index (χ3n) is 1.72. The molecular formula is C7H6KN2O6S+. The summed E-state index contributed by atoms with van der Waals surface area (Å²) in [5, 5.41) is 10.4. The van der Waals surface area contributed by atoms with Crippen molar-refractivity contribution in [1.29, 1.82) is 0 Å². The van der Waals surface area contributed by atoms with Crippen LogP contribution < -0.4 is 57.1 Å². The molecule has 0 aromatic heterocycles. The van der Waals surface area contributed by atoms with Crippen molar-refractivity contribution in [3.63, 3.8) is 0 Å². The molecule has 0 saturated carbocycles. The van der Waals surface area contributed by atoms with Crippen LogP contribution in [0.2, 0.25) is 0 Å². The van der Waals surface area contributed by atoms with Crippen molar-refractivity contribution in [2.24, 2.45) is 5.73 Å². The monoisotopic (exact) mass is 285 g/mol. The molecule has 0 unspecified atom stereocenters. The summed E-state index contributed by atoms with van der Waals surface area (Å²) in [6.45, 7) is 0. The van der Waals surface area contributed by atoms with Crippen LogP contribution in [0.25, 0.3) is 0 Å². The van der Waals surface area contributed by atoms with Gasteiger partial charge in [0.2, 0.25) is 5.91 Å². The van der Waals surface area contributed by atoms with Crippen molar-refractivity contribution in [1.82, 2.24) is 0 Å². The summed E-state index contributed by atoms with van der Waals surface area (Å²) >= 11 is 0. The van der Waals surface area contributed by atoms with Crippen LogP contribution in [0.15, 0.2) is 23.1 Å². The van der Waals surface area contributed by atoms with Crippen LogP contribution in [0.4, 0.5) is 5.69 Å². The van der Waals surface area contributed by atoms with E-state index < -0.39 is 37.1 Å². The molecule has 0 atom stereocenters. The number of nitro benzene ring substituents is 1. The third kappa shape index (κ3) is 4.10. The number of amides is 1. The van der Waals surface area contributed by atoms with Gasteiger partial charge in [-0.15, -0.1) is 0 Å². The summed E-state index contributed by atoms with van der Waals surface area (Å²) in [5.74, 6) is -1.11. The van der Waals surface area contributed by atoms with Crippen LogP contribution in [0, 0.1) is 10.1 Å². The zero-order chi connectivity index (χ0) is 12.5. The molecule has 1 rings (SSSR count). The first kappa shape index (κ1) is 16.6.